The quantitative estimate of drug-likeness (QED) is 0.244. The Bertz CT molecular complexity index is 46.8. The molecule has 0 fully saturated rings. The molecule has 0 aromatic rings. The molecule has 0 unspecified atom stereocenters. The summed E-state index contributed by atoms with van der Waals surface area (Å²) in [5, 5.41) is 9.15. The number of carbonyl (C=O) groups is 1. The molecule has 30 valence electrons. The number of carbonyl (C=O) groups excluding carboxylic acids is 1. The van der Waals surface area contributed by atoms with Crippen LogP contribution in [0.2, 0.25) is 0 Å². The average molecular weight is 97.0 g/mol. The van der Waals surface area contributed by atoms with E-state index in [4.69, 9.17) is 9.90 Å². The first kappa shape index (κ1) is 9.65. The van der Waals surface area contributed by atoms with Gasteiger partial charge in [0.05, 0.1) is 0 Å². The fraction of sp³-hybridized carbons (Fsp3) is 0.500. The van der Waals surface area contributed by atoms with Gasteiger partial charge in [0.15, 0.2) is 0 Å². The minimum absolute atomic E-state index is 0. The summed E-state index contributed by atoms with van der Waals surface area (Å²) in [4.78, 5) is 9.15. The SMILES string of the molecule is O=C([O-])C[S-].[Li+]. The second kappa shape index (κ2) is 5.42. The van der Waals surface area contributed by atoms with Gasteiger partial charge in [0.25, 0.3) is 0 Å². The van der Waals surface area contributed by atoms with Crippen molar-refractivity contribution in [2.24, 2.45) is 0 Å². The first-order valence-corrected chi connectivity index (χ1v) is 1.63. The number of rotatable bonds is 1. The summed E-state index contributed by atoms with van der Waals surface area (Å²) in [6.45, 7) is 0. The van der Waals surface area contributed by atoms with Crippen LogP contribution in [0.5, 0.6) is 0 Å². The predicted octanol–water partition coefficient (Wildman–Crippen LogP) is -4.71. The molecule has 0 bridgehead atoms. The second-order valence-corrected chi connectivity index (χ2v) is 0.805. The van der Waals surface area contributed by atoms with Crippen molar-refractivity contribution in [1.29, 1.82) is 0 Å². The maximum absolute atomic E-state index is 9.15. The summed E-state index contributed by atoms with van der Waals surface area (Å²) < 4.78 is 0. The normalized spacial score (nSPS) is 6.17. The van der Waals surface area contributed by atoms with E-state index in [0.717, 1.165) is 0 Å². The summed E-state index contributed by atoms with van der Waals surface area (Å²) in [6.07, 6.45) is 0. The Morgan fingerprint density at radius 2 is 2.00 bits per heavy atom. The van der Waals surface area contributed by atoms with Gasteiger partial charge in [0.2, 0.25) is 0 Å². The number of hydrogen-bond acceptors (Lipinski definition) is 3. The van der Waals surface area contributed by atoms with Crippen molar-refractivity contribution in [3.63, 3.8) is 0 Å². The Labute approximate surface area is 53.5 Å². The number of carboxylic acid groups (broad SMARTS) is 1. The molecule has 0 saturated carbocycles. The van der Waals surface area contributed by atoms with E-state index in [-0.39, 0.29) is 24.6 Å². The van der Waals surface area contributed by atoms with Crippen molar-refractivity contribution in [3.8, 4) is 0 Å². The maximum Gasteiger partial charge on any atom is 1.00 e. The monoisotopic (exact) mass is 97.0 g/mol. The van der Waals surface area contributed by atoms with Crippen molar-refractivity contribution in [2.75, 3.05) is 5.75 Å². The van der Waals surface area contributed by atoms with Gasteiger partial charge in [-0.15, -0.1) is 5.75 Å². The van der Waals surface area contributed by atoms with E-state index in [1.54, 1.807) is 0 Å². The zero-order chi connectivity index (χ0) is 4.28. The van der Waals surface area contributed by atoms with Crippen LogP contribution in [-0.4, -0.2) is 11.7 Å². The zero-order valence-electron chi connectivity index (χ0n) is 3.43. The molecule has 0 radical (unpaired) electrons. The number of hydrogen-bond donors (Lipinski definition) is 0. The first-order valence-electron chi connectivity index (χ1n) is 1.05. The van der Waals surface area contributed by atoms with E-state index in [1.807, 2.05) is 0 Å². The van der Waals surface area contributed by atoms with Crippen molar-refractivity contribution < 1.29 is 28.8 Å². The second-order valence-electron chi connectivity index (χ2n) is 0.516. The Balaban J connectivity index is 0. The fourth-order valence-corrected chi connectivity index (χ4v) is 0. The van der Waals surface area contributed by atoms with Gasteiger partial charge in [-0.2, -0.15) is 0 Å². The molecule has 4 heteroatoms. The van der Waals surface area contributed by atoms with Gasteiger partial charge in [-0.3, -0.25) is 0 Å². The largest absolute Gasteiger partial charge is 1.00 e. The average Bonchev–Trinajstić information content (AvgIpc) is 1.38. The van der Waals surface area contributed by atoms with Crippen LogP contribution in [0.25, 0.3) is 0 Å². The molecule has 0 rings (SSSR count). The van der Waals surface area contributed by atoms with E-state index in [0.29, 0.717) is 0 Å². The van der Waals surface area contributed by atoms with Crippen LogP contribution >= 0.6 is 0 Å². The third kappa shape index (κ3) is 8.83. The number of aliphatic carboxylic acids is 1. The van der Waals surface area contributed by atoms with Crippen LogP contribution in [-0.2, 0) is 17.4 Å². The van der Waals surface area contributed by atoms with Gasteiger partial charge >= 0.3 is 18.9 Å². The Morgan fingerprint density at radius 3 is 2.00 bits per heavy atom. The molecule has 0 spiro atoms. The third-order valence-electron chi connectivity index (χ3n) is 0.118. The van der Waals surface area contributed by atoms with E-state index in [2.05, 4.69) is 12.6 Å². The molecule has 0 aliphatic heterocycles. The molecular weight excluding hydrogens is 95.0 g/mol. The van der Waals surface area contributed by atoms with E-state index >= 15 is 0 Å². The van der Waals surface area contributed by atoms with Crippen LogP contribution in [0.15, 0.2) is 0 Å². The molecule has 0 aromatic heterocycles. The molecule has 6 heavy (non-hydrogen) atoms. The minimum Gasteiger partial charge on any atom is -0.787 e. The smallest absolute Gasteiger partial charge is 0.787 e. The summed E-state index contributed by atoms with van der Waals surface area (Å²) >= 11 is 4.01. The molecule has 2 nitrogen and oxygen atoms in total. The van der Waals surface area contributed by atoms with Gasteiger partial charge in [-0.05, 0) is 0 Å². The molecule has 0 heterocycles. The molecule has 0 aromatic carbocycles. The van der Waals surface area contributed by atoms with Crippen LogP contribution in [0.3, 0.4) is 0 Å². The van der Waals surface area contributed by atoms with E-state index in [9.17, 15) is 0 Å². The van der Waals surface area contributed by atoms with Crippen molar-refractivity contribution >= 4 is 18.6 Å². The van der Waals surface area contributed by atoms with Crippen LogP contribution in [0.4, 0.5) is 0 Å². The zero-order valence-corrected chi connectivity index (χ0v) is 4.25. The minimum atomic E-state index is -1.18. The Kier molecular flexibility index (Phi) is 8.71. The van der Waals surface area contributed by atoms with Crippen LogP contribution < -0.4 is 24.0 Å². The van der Waals surface area contributed by atoms with Crippen molar-refractivity contribution in [3.05, 3.63) is 0 Å². The van der Waals surface area contributed by atoms with Crippen LogP contribution in [0.1, 0.15) is 0 Å². The standard InChI is InChI=1S/C2H4O2S.Li/c3-2(4)1-5;/h5H,1H2,(H,3,4);/q;+1/p-2. The molecular formula is C2H2LiO2S-. The van der Waals surface area contributed by atoms with Gasteiger partial charge in [-0.1, -0.05) is 0 Å². The number of carboxylic acids is 1. The van der Waals surface area contributed by atoms with E-state index < -0.39 is 5.97 Å². The Morgan fingerprint density at radius 1 is 1.83 bits per heavy atom. The molecule has 0 saturated heterocycles. The van der Waals surface area contributed by atoms with Crippen LogP contribution in [0, 0.1) is 0 Å². The Hall–Kier alpha value is 0.417. The third-order valence-corrected chi connectivity index (χ3v) is 0.354. The summed E-state index contributed by atoms with van der Waals surface area (Å²) in [5.74, 6) is -1.49. The van der Waals surface area contributed by atoms with Gasteiger partial charge in [-0.25, -0.2) is 0 Å². The van der Waals surface area contributed by atoms with E-state index in [1.165, 1.54) is 0 Å². The molecule has 0 aliphatic rings. The fourth-order valence-electron chi connectivity index (χ4n) is 0. The van der Waals surface area contributed by atoms with Gasteiger partial charge in [0, 0.05) is 5.97 Å². The topological polar surface area (TPSA) is 40.1 Å². The molecule has 0 N–H and O–H groups in total. The molecule has 0 aliphatic carbocycles. The van der Waals surface area contributed by atoms with Crippen molar-refractivity contribution in [2.45, 2.75) is 0 Å². The summed E-state index contributed by atoms with van der Waals surface area (Å²) in [6, 6.07) is 0. The molecule has 0 amide bonds. The van der Waals surface area contributed by atoms with Crippen molar-refractivity contribution in [1.82, 2.24) is 0 Å². The summed E-state index contributed by atoms with van der Waals surface area (Å²) in [5.41, 5.74) is 0. The first-order chi connectivity index (χ1) is 2.27. The predicted molar refractivity (Wildman–Crippen MR) is 17.2 cm³/mol. The van der Waals surface area contributed by atoms with Gasteiger partial charge < -0.3 is 22.5 Å². The molecule has 0 atom stereocenters. The van der Waals surface area contributed by atoms with Gasteiger partial charge in [0.1, 0.15) is 0 Å². The summed E-state index contributed by atoms with van der Waals surface area (Å²) in [7, 11) is 0. The maximum atomic E-state index is 9.15.